The van der Waals surface area contributed by atoms with Crippen LogP contribution in [-0.4, -0.2) is 19.1 Å². The Morgan fingerprint density at radius 1 is 1.10 bits per heavy atom. The lowest BCUT2D eigenvalue weighted by Gasteiger charge is -2.08. The lowest BCUT2D eigenvalue weighted by Crippen LogP contribution is -2.30. The summed E-state index contributed by atoms with van der Waals surface area (Å²) in [5.41, 5.74) is 1.11. The molecule has 1 amide bonds. The fourth-order valence-corrected chi connectivity index (χ4v) is 1.78. The minimum Gasteiger partial charge on any atom is -0.481 e. The molecule has 0 spiro atoms. The molecule has 110 valence electrons. The summed E-state index contributed by atoms with van der Waals surface area (Å²) in [4.78, 5) is 11.6. The van der Waals surface area contributed by atoms with Crippen LogP contribution in [0.3, 0.4) is 0 Å². The van der Waals surface area contributed by atoms with Gasteiger partial charge in [-0.05, 0) is 24.1 Å². The predicted molar refractivity (Wildman–Crippen MR) is 75.0 cm³/mol. The summed E-state index contributed by atoms with van der Waals surface area (Å²) in [7, 11) is 0. The van der Waals surface area contributed by atoms with Crippen LogP contribution in [0.1, 0.15) is 5.56 Å². The van der Waals surface area contributed by atoms with E-state index in [4.69, 9.17) is 4.74 Å². The number of amides is 1. The zero-order chi connectivity index (χ0) is 15.1. The highest BCUT2D eigenvalue weighted by Gasteiger charge is 2.07. The van der Waals surface area contributed by atoms with E-state index in [1.807, 2.05) is 30.3 Å². The molecule has 0 radical (unpaired) electrons. The van der Waals surface area contributed by atoms with E-state index < -0.39 is 11.6 Å². The van der Waals surface area contributed by atoms with Crippen LogP contribution < -0.4 is 10.1 Å². The third kappa shape index (κ3) is 4.87. The molecular formula is C16H15F2NO2. The van der Waals surface area contributed by atoms with Crippen LogP contribution in [0, 0.1) is 11.6 Å². The van der Waals surface area contributed by atoms with Crippen molar-refractivity contribution in [2.45, 2.75) is 6.42 Å². The van der Waals surface area contributed by atoms with Crippen molar-refractivity contribution in [1.29, 1.82) is 0 Å². The van der Waals surface area contributed by atoms with E-state index in [9.17, 15) is 13.6 Å². The zero-order valence-corrected chi connectivity index (χ0v) is 11.3. The number of carbonyl (C=O) groups excluding carboxylic acids is 1. The van der Waals surface area contributed by atoms with Gasteiger partial charge in [0.1, 0.15) is 5.82 Å². The number of benzene rings is 2. The van der Waals surface area contributed by atoms with Gasteiger partial charge in [0.2, 0.25) is 0 Å². The molecule has 0 saturated heterocycles. The van der Waals surface area contributed by atoms with Gasteiger partial charge in [-0.2, -0.15) is 0 Å². The molecule has 0 fully saturated rings. The van der Waals surface area contributed by atoms with E-state index in [0.717, 1.165) is 17.7 Å². The van der Waals surface area contributed by atoms with Crippen molar-refractivity contribution >= 4 is 5.91 Å². The van der Waals surface area contributed by atoms with E-state index in [2.05, 4.69) is 5.32 Å². The highest BCUT2D eigenvalue weighted by molar-refractivity contribution is 5.77. The molecule has 0 atom stereocenters. The molecule has 21 heavy (non-hydrogen) atoms. The number of carbonyl (C=O) groups is 1. The van der Waals surface area contributed by atoms with Crippen LogP contribution in [0.5, 0.6) is 5.75 Å². The van der Waals surface area contributed by atoms with Crippen molar-refractivity contribution in [3.63, 3.8) is 0 Å². The molecule has 0 aliphatic rings. The summed E-state index contributed by atoms with van der Waals surface area (Å²) < 4.78 is 31.0. The molecule has 0 saturated carbocycles. The first-order valence-corrected chi connectivity index (χ1v) is 6.53. The summed E-state index contributed by atoms with van der Waals surface area (Å²) in [6, 6.07) is 12.7. The Kier molecular flexibility index (Phi) is 5.26. The number of nitrogens with one attached hydrogen (secondary N) is 1. The molecule has 0 bridgehead atoms. The van der Waals surface area contributed by atoms with Gasteiger partial charge >= 0.3 is 0 Å². The molecule has 0 heterocycles. The predicted octanol–water partition coefficient (Wildman–Crippen LogP) is 2.70. The summed E-state index contributed by atoms with van der Waals surface area (Å²) in [6.45, 7) is 0.162. The van der Waals surface area contributed by atoms with Gasteiger partial charge in [0.15, 0.2) is 18.2 Å². The molecule has 5 heteroatoms. The van der Waals surface area contributed by atoms with Gasteiger partial charge in [-0.1, -0.05) is 30.3 Å². The summed E-state index contributed by atoms with van der Waals surface area (Å²) >= 11 is 0. The molecule has 0 aliphatic carbocycles. The van der Waals surface area contributed by atoms with Crippen molar-refractivity contribution in [3.8, 4) is 5.75 Å². The molecule has 2 rings (SSSR count). The normalized spacial score (nSPS) is 10.2. The minimum atomic E-state index is -0.827. The molecule has 1 N–H and O–H groups in total. The van der Waals surface area contributed by atoms with Crippen LogP contribution in [0.15, 0.2) is 48.5 Å². The van der Waals surface area contributed by atoms with Crippen LogP contribution >= 0.6 is 0 Å². The van der Waals surface area contributed by atoms with E-state index >= 15 is 0 Å². The largest absolute Gasteiger partial charge is 0.481 e. The van der Waals surface area contributed by atoms with Crippen molar-refractivity contribution in [2.24, 2.45) is 0 Å². The average molecular weight is 291 g/mol. The standard InChI is InChI=1S/C16H15F2NO2/c17-13-6-7-15(14(18)10-13)21-11-16(20)19-9-8-12-4-2-1-3-5-12/h1-7,10H,8-9,11H2,(H,19,20). The van der Waals surface area contributed by atoms with E-state index in [1.54, 1.807) is 0 Å². The fraction of sp³-hybridized carbons (Fsp3) is 0.188. The molecule has 0 unspecified atom stereocenters. The second-order valence-corrected chi connectivity index (χ2v) is 4.45. The second kappa shape index (κ2) is 7.38. The Labute approximate surface area is 121 Å². The number of rotatable bonds is 6. The quantitative estimate of drug-likeness (QED) is 0.888. The number of hydrogen-bond donors (Lipinski definition) is 1. The van der Waals surface area contributed by atoms with Gasteiger partial charge in [-0.25, -0.2) is 8.78 Å². The van der Waals surface area contributed by atoms with E-state index in [0.29, 0.717) is 19.0 Å². The maximum Gasteiger partial charge on any atom is 0.257 e. The Morgan fingerprint density at radius 2 is 1.86 bits per heavy atom. The van der Waals surface area contributed by atoms with Gasteiger partial charge in [0.05, 0.1) is 0 Å². The first kappa shape index (κ1) is 15.0. The minimum absolute atomic E-state index is 0.144. The van der Waals surface area contributed by atoms with Gasteiger partial charge in [-0.3, -0.25) is 4.79 Å². The average Bonchev–Trinajstić information content (AvgIpc) is 2.47. The van der Waals surface area contributed by atoms with Crippen molar-refractivity contribution in [1.82, 2.24) is 5.32 Å². The molecule has 2 aromatic rings. The molecule has 0 aromatic heterocycles. The van der Waals surface area contributed by atoms with Gasteiger partial charge in [-0.15, -0.1) is 0 Å². The third-order valence-electron chi connectivity index (χ3n) is 2.83. The van der Waals surface area contributed by atoms with Crippen LogP contribution in [-0.2, 0) is 11.2 Å². The Balaban J connectivity index is 1.72. The number of ether oxygens (including phenoxy) is 1. The van der Waals surface area contributed by atoms with Crippen LogP contribution in [0.2, 0.25) is 0 Å². The van der Waals surface area contributed by atoms with Gasteiger partial charge < -0.3 is 10.1 Å². The maximum atomic E-state index is 13.3. The molecule has 2 aromatic carbocycles. The first-order valence-electron chi connectivity index (χ1n) is 6.53. The highest BCUT2D eigenvalue weighted by Crippen LogP contribution is 2.17. The summed E-state index contributed by atoms with van der Waals surface area (Å²) in [6.07, 6.45) is 0.706. The van der Waals surface area contributed by atoms with E-state index in [1.165, 1.54) is 0 Å². The van der Waals surface area contributed by atoms with Crippen molar-refractivity contribution in [2.75, 3.05) is 13.2 Å². The molecule has 0 aliphatic heterocycles. The van der Waals surface area contributed by atoms with Gasteiger partial charge in [0, 0.05) is 12.6 Å². The SMILES string of the molecule is O=C(COc1ccc(F)cc1F)NCCc1ccccc1. The van der Waals surface area contributed by atoms with Gasteiger partial charge in [0.25, 0.3) is 5.91 Å². The maximum absolute atomic E-state index is 13.3. The summed E-state index contributed by atoms with van der Waals surface area (Å²) in [5, 5.41) is 2.67. The third-order valence-corrected chi connectivity index (χ3v) is 2.83. The topological polar surface area (TPSA) is 38.3 Å². The smallest absolute Gasteiger partial charge is 0.257 e. The second-order valence-electron chi connectivity index (χ2n) is 4.45. The van der Waals surface area contributed by atoms with Crippen molar-refractivity contribution < 1.29 is 18.3 Å². The number of hydrogen-bond acceptors (Lipinski definition) is 2. The van der Waals surface area contributed by atoms with Crippen LogP contribution in [0.4, 0.5) is 8.78 Å². The van der Waals surface area contributed by atoms with Crippen LogP contribution in [0.25, 0.3) is 0 Å². The Hall–Kier alpha value is -2.43. The zero-order valence-electron chi connectivity index (χ0n) is 11.3. The highest BCUT2D eigenvalue weighted by atomic mass is 19.1. The fourth-order valence-electron chi connectivity index (χ4n) is 1.78. The van der Waals surface area contributed by atoms with Crippen molar-refractivity contribution in [3.05, 3.63) is 65.7 Å². The summed E-state index contributed by atoms with van der Waals surface area (Å²) in [5.74, 6) is -2.01. The van der Waals surface area contributed by atoms with E-state index in [-0.39, 0.29) is 18.3 Å². The number of halogens is 2. The molecular weight excluding hydrogens is 276 g/mol. The lowest BCUT2D eigenvalue weighted by atomic mass is 10.1. The Bertz CT molecular complexity index is 602. The lowest BCUT2D eigenvalue weighted by molar-refractivity contribution is -0.123. The monoisotopic (exact) mass is 291 g/mol. The molecule has 3 nitrogen and oxygen atoms in total. The Morgan fingerprint density at radius 3 is 2.57 bits per heavy atom. The first-order chi connectivity index (χ1) is 10.1.